The normalized spacial score (nSPS) is 10.9. The molecule has 0 saturated carbocycles. The van der Waals surface area contributed by atoms with Crippen LogP contribution in [-0.4, -0.2) is 11.8 Å². The second kappa shape index (κ2) is 5.69. The molecule has 1 heterocycles. The van der Waals surface area contributed by atoms with Crippen molar-refractivity contribution in [3.63, 3.8) is 0 Å². The first-order valence-electron chi connectivity index (χ1n) is 5.91. The van der Waals surface area contributed by atoms with Crippen LogP contribution >= 0.6 is 0 Å². The van der Waals surface area contributed by atoms with Gasteiger partial charge in [-0.25, -0.2) is 0 Å². The third kappa shape index (κ3) is 3.01. The van der Waals surface area contributed by atoms with Crippen LogP contribution in [0.1, 0.15) is 19.1 Å². The molecule has 0 aliphatic carbocycles. The van der Waals surface area contributed by atoms with E-state index in [1.54, 1.807) is 12.1 Å². The number of aryl methyl sites for hydroxylation is 1. The summed E-state index contributed by atoms with van der Waals surface area (Å²) >= 11 is 0. The zero-order valence-corrected chi connectivity index (χ0v) is 10.4. The third-order valence-electron chi connectivity index (χ3n) is 2.63. The number of halogens is 2. The largest absolute Gasteiger partial charge is 0.435 e. The van der Waals surface area contributed by atoms with Crippen molar-refractivity contribution in [2.45, 2.75) is 26.4 Å². The Bertz CT molecular complexity index is 538. The lowest BCUT2D eigenvalue weighted by molar-refractivity contribution is -0.0498. The van der Waals surface area contributed by atoms with E-state index in [0.717, 1.165) is 18.4 Å². The molecule has 2 aromatic rings. The predicted molar refractivity (Wildman–Crippen MR) is 67.0 cm³/mol. The van der Waals surface area contributed by atoms with Crippen molar-refractivity contribution in [1.29, 1.82) is 0 Å². The molecule has 4 nitrogen and oxygen atoms in total. The summed E-state index contributed by atoms with van der Waals surface area (Å²) < 4.78 is 33.6. The summed E-state index contributed by atoms with van der Waals surface area (Å²) in [4.78, 5) is 0. The number of nitrogens with zero attached hydrogens (tertiary/aromatic N) is 1. The minimum absolute atomic E-state index is 0.103. The molecule has 2 rings (SSSR count). The highest BCUT2D eigenvalue weighted by Gasteiger charge is 2.15. The molecule has 1 aromatic heterocycles. The van der Waals surface area contributed by atoms with Gasteiger partial charge in [0, 0.05) is 6.42 Å². The average molecular weight is 268 g/mol. The van der Waals surface area contributed by atoms with Gasteiger partial charge in [0.25, 0.3) is 0 Å². The number of rotatable bonds is 5. The molecule has 1 aromatic carbocycles. The summed E-state index contributed by atoms with van der Waals surface area (Å²) in [7, 11) is 0. The maximum absolute atomic E-state index is 12.1. The van der Waals surface area contributed by atoms with E-state index in [-0.39, 0.29) is 5.75 Å². The first-order valence-corrected chi connectivity index (χ1v) is 5.91. The first kappa shape index (κ1) is 13.3. The Labute approximate surface area is 109 Å². The second-order valence-electron chi connectivity index (χ2n) is 4.02. The molecule has 0 spiro atoms. The zero-order chi connectivity index (χ0) is 13.8. The highest BCUT2D eigenvalue weighted by atomic mass is 19.3. The minimum atomic E-state index is -2.83. The summed E-state index contributed by atoms with van der Waals surface area (Å²) in [6.45, 7) is -0.815. The van der Waals surface area contributed by atoms with Gasteiger partial charge in [-0.2, -0.15) is 8.78 Å². The Morgan fingerprint density at radius 1 is 1.32 bits per heavy atom. The van der Waals surface area contributed by atoms with Gasteiger partial charge in [-0.3, -0.25) is 0 Å². The van der Waals surface area contributed by atoms with Crippen molar-refractivity contribution in [3.05, 3.63) is 30.0 Å². The number of nitrogens with two attached hydrogens (primary N) is 1. The molecule has 0 atom stereocenters. The molecule has 6 heteroatoms. The smallest absolute Gasteiger partial charge is 0.387 e. The van der Waals surface area contributed by atoms with Crippen molar-refractivity contribution in [2.75, 3.05) is 5.73 Å². The van der Waals surface area contributed by atoms with Crippen molar-refractivity contribution in [2.24, 2.45) is 0 Å². The van der Waals surface area contributed by atoms with Crippen LogP contribution < -0.4 is 10.5 Å². The Morgan fingerprint density at radius 3 is 2.58 bits per heavy atom. The number of benzene rings is 1. The van der Waals surface area contributed by atoms with E-state index >= 15 is 0 Å². The molecule has 0 saturated heterocycles. The van der Waals surface area contributed by atoms with Crippen LogP contribution in [0.15, 0.2) is 28.8 Å². The molecule has 0 fully saturated rings. The van der Waals surface area contributed by atoms with E-state index in [2.05, 4.69) is 9.89 Å². The standard InChI is InChI=1S/C13H14F2N2O2/c1-2-3-10-11(12(16)17-19-10)8-4-6-9(7-5-8)18-13(14)15/h4-7,13H,2-3H2,1H3,(H2,16,17). The van der Waals surface area contributed by atoms with Crippen LogP contribution in [0.25, 0.3) is 11.1 Å². The zero-order valence-electron chi connectivity index (χ0n) is 10.4. The van der Waals surface area contributed by atoms with Gasteiger partial charge in [0.05, 0.1) is 5.56 Å². The van der Waals surface area contributed by atoms with Gasteiger partial charge in [0.15, 0.2) is 5.82 Å². The average Bonchev–Trinajstić information content (AvgIpc) is 2.72. The van der Waals surface area contributed by atoms with Gasteiger partial charge in [-0.1, -0.05) is 24.2 Å². The Morgan fingerprint density at radius 2 is 2.00 bits per heavy atom. The van der Waals surface area contributed by atoms with E-state index in [0.29, 0.717) is 17.1 Å². The van der Waals surface area contributed by atoms with Crippen LogP contribution in [0.5, 0.6) is 5.75 Å². The first-order chi connectivity index (χ1) is 9.11. The summed E-state index contributed by atoms with van der Waals surface area (Å²) in [6, 6.07) is 6.23. The summed E-state index contributed by atoms with van der Waals surface area (Å²) in [5.74, 6) is 1.10. The van der Waals surface area contributed by atoms with E-state index in [4.69, 9.17) is 10.3 Å². The van der Waals surface area contributed by atoms with Gasteiger partial charge in [-0.15, -0.1) is 0 Å². The van der Waals surface area contributed by atoms with Crippen LogP contribution in [0.2, 0.25) is 0 Å². The summed E-state index contributed by atoms with van der Waals surface area (Å²) in [6.07, 6.45) is 1.61. The van der Waals surface area contributed by atoms with Gasteiger partial charge in [-0.05, 0) is 24.1 Å². The number of aromatic nitrogens is 1. The van der Waals surface area contributed by atoms with E-state index in [1.165, 1.54) is 12.1 Å². The Kier molecular flexibility index (Phi) is 3.99. The van der Waals surface area contributed by atoms with E-state index < -0.39 is 6.61 Å². The molecule has 2 N–H and O–H groups in total. The molecule has 0 unspecified atom stereocenters. The van der Waals surface area contributed by atoms with Crippen molar-refractivity contribution >= 4 is 5.82 Å². The third-order valence-corrected chi connectivity index (χ3v) is 2.63. The summed E-state index contributed by atoms with van der Waals surface area (Å²) in [5, 5.41) is 3.73. The second-order valence-corrected chi connectivity index (χ2v) is 4.02. The number of alkyl halides is 2. The highest BCUT2D eigenvalue weighted by molar-refractivity contribution is 5.75. The van der Waals surface area contributed by atoms with Crippen LogP contribution in [0.4, 0.5) is 14.6 Å². The molecule has 0 amide bonds. The maximum Gasteiger partial charge on any atom is 0.387 e. The molecular formula is C13H14F2N2O2. The Balaban J connectivity index is 2.29. The molecule has 102 valence electrons. The molecule has 0 aliphatic heterocycles. The van der Waals surface area contributed by atoms with Gasteiger partial charge < -0.3 is 15.0 Å². The van der Waals surface area contributed by atoms with Crippen LogP contribution in [0.3, 0.4) is 0 Å². The molecule has 0 radical (unpaired) electrons. The van der Waals surface area contributed by atoms with Gasteiger partial charge >= 0.3 is 6.61 Å². The number of ether oxygens (including phenoxy) is 1. The topological polar surface area (TPSA) is 61.3 Å². The highest BCUT2D eigenvalue weighted by Crippen LogP contribution is 2.31. The monoisotopic (exact) mass is 268 g/mol. The lowest BCUT2D eigenvalue weighted by Gasteiger charge is -2.06. The molecular weight excluding hydrogens is 254 g/mol. The van der Waals surface area contributed by atoms with E-state index in [1.807, 2.05) is 6.92 Å². The lowest BCUT2D eigenvalue weighted by atomic mass is 10.0. The van der Waals surface area contributed by atoms with Crippen molar-refractivity contribution in [1.82, 2.24) is 5.16 Å². The maximum atomic E-state index is 12.1. The van der Waals surface area contributed by atoms with Crippen LogP contribution in [-0.2, 0) is 6.42 Å². The van der Waals surface area contributed by atoms with Crippen molar-refractivity contribution < 1.29 is 18.0 Å². The van der Waals surface area contributed by atoms with E-state index in [9.17, 15) is 8.78 Å². The number of hydrogen-bond acceptors (Lipinski definition) is 4. The summed E-state index contributed by atoms with van der Waals surface area (Å²) in [5.41, 5.74) is 7.25. The molecule has 19 heavy (non-hydrogen) atoms. The quantitative estimate of drug-likeness (QED) is 0.901. The molecule has 0 aliphatic rings. The minimum Gasteiger partial charge on any atom is -0.435 e. The fraction of sp³-hybridized carbons (Fsp3) is 0.308. The number of anilines is 1. The fourth-order valence-corrected chi connectivity index (χ4v) is 1.85. The van der Waals surface area contributed by atoms with Gasteiger partial charge in [0.1, 0.15) is 11.5 Å². The van der Waals surface area contributed by atoms with Gasteiger partial charge in [0.2, 0.25) is 0 Å². The molecule has 0 bridgehead atoms. The number of hydrogen-bond donors (Lipinski definition) is 1. The van der Waals surface area contributed by atoms with Crippen molar-refractivity contribution in [3.8, 4) is 16.9 Å². The Hall–Kier alpha value is -2.11. The van der Waals surface area contributed by atoms with Crippen LogP contribution in [0, 0.1) is 0 Å². The fourth-order valence-electron chi connectivity index (χ4n) is 1.85. The lowest BCUT2D eigenvalue weighted by Crippen LogP contribution is -2.01. The number of nitrogen functional groups attached to an aromatic ring is 1. The SMILES string of the molecule is CCCc1onc(N)c1-c1ccc(OC(F)F)cc1. The predicted octanol–water partition coefficient (Wildman–Crippen LogP) is 3.48.